The molecule has 0 spiro atoms. The Morgan fingerprint density at radius 2 is 1.33 bits per heavy atom. The molecule has 0 aliphatic carbocycles. The molecule has 0 unspecified atom stereocenters. The van der Waals surface area contributed by atoms with Crippen molar-refractivity contribution in [1.82, 2.24) is 0 Å². The highest BCUT2D eigenvalue weighted by atomic mass is 35.5. The second-order valence-electron chi connectivity index (χ2n) is 3.98. The van der Waals surface area contributed by atoms with Gasteiger partial charge in [-0.05, 0) is 11.8 Å². The first-order valence-corrected chi connectivity index (χ1v) is 9.11. The zero-order valence-electron chi connectivity index (χ0n) is 10.5. The smallest absolute Gasteiger partial charge is 0.0809 e. The van der Waals surface area contributed by atoms with Crippen LogP contribution >= 0.6 is 82.0 Å². The van der Waals surface area contributed by atoms with Crippen molar-refractivity contribution in [2.75, 3.05) is 6.26 Å². The molecule has 21 heavy (non-hydrogen) atoms. The summed E-state index contributed by atoms with van der Waals surface area (Å²) < 4.78 is 0.722. The van der Waals surface area contributed by atoms with Gasteiger partial charge in [0.2, 0.25) is 0 Å². The average Bonchev–Trinajstić information content (AvgIpc) is 2.51. The summed E-state index contributed by atoms with van der Waals surface area (Å²) in [5.41, 5.74) is 2.15. The molecular formula is C14H7Cl5S2. The van der Waals surface area contributed by atoms with Crippen LogP contribution in [-0.4, -0.2) is 10.5 Å². The molecule has 0 aliphatic heterocycles. The van der Waals surface area contributed by atoms with Crippen LogP contribution in [0.1, 0.15) is 5.56 Å². The molecular weight excluding hydrogens is 410 g/mol. The van der Waals surface area contributed by atoms with Gasteiger partial charge >= 0.3 is 0 Å². The lowest BCUT2D eigenvalue weighted by atomic mass is 10.0. The number of benzene rings is 2. The van der Waals surface area contributed by atoms with Crippen molar-refractivity contribution in [3.8, 4) is 11.1 Å². The van der Waals surface area contributed by atoms with Crippen molar-refractivity contribution in [3.05, 3.63) is 54.9 Å². The largest absolute Gasteiger partial charge is 0.117 e. The number of rotatable bonds is 2. The first kappa shape index (κ1) is 17.7. The molecule has 2 rings (SSSR count). The van der Waals surface area contributed by atoms with Crippen molar-refractivity contribution >= 4 is 86.2 Å². The first-order chi connectivity index (χ1) is 9.90. The molecule has 0 aromatic heterocycles. The molecule has 2 aromatic rings. The van der Waals surface area contributed by atoms with Crippen molar-refractivity contribution in [1.29, 1.82) is 0 Å². The van der Waals surface area contributed by atoms with Crippen molar-refractivity contribution in [2.24, 2.45) is 0 Å². The van der Waals surface area contributed by atoms with Gasteiger partial charge in [0.1, 0.15) is 0 Å². The third-order valence-corrected chi connectivity index (χ3v) is 6.40. The van der Waals surface area contributed by atoms with Crippen molar-refractivity contribution in [2.45, 2.75) is 0 Å². The number of thioether (sulfide) groups is 1. The van der Waals surface area contributed by atoms with Crippen LogP contribution in [0.5, 0.6) is 0 Å². The topological polar surface area (TPSA) is 0 Å². The molecule has 2 aromatic carbocycles. The van der Waals surface area contributed by atoms with E-state index in [1.54, 1.807) is 0 Å². The number of halogens is 5. The van der Waals surface area contributed by atoms with Gasteiger partial charge in [0.05, 0.1) is 29.3 Å². The lowest BCUT2D eigenvalue weighted by Crippen LogP contribution is -1.96. The van der Waals surface area contributed by atoms with Gasteiger partial charge in [-0.3, -0.25) is 0 Å². The van der Waals surface area contributed by atoms with E-state index >= 15 is 0 Å². The van der Waals surface area contributed by atoms with E-state index in [-0.39, 0.29) is 25.1 Å². The SMILES string of the molecule is CSC(=S)c1ccccc1-c1c(Cl)c(Cl)c(Cl)c(Cl)c1Cl. The standard InChI is InChI=1S/C14H7Cl5S2/c1-21-14(20)7-5-3-2-4-6(7)8-9(15)11(17)13(19)12(18)10(8)16/h2-5H,1H3. The molecule has 0 nitrogen and oxygen atoms in total. The van der Waals surface area contributed by atoms with E-state index < -0.39 is 0 Å². The molecule has 7 heteroatoms. The van der Waals surface area contributed by atoms with E-state index in [9.17, 15) is 0 Å². The van der Waals surface area contributed by atoms with Gasteiger partial charge in [-0.15, -0.1) is 11.8 Å². The minimum atomic E-state index is 0.141. The second-order valence-corrected chi connectivity index (χ2v) is 7.36. The highest BCUT2D eigenvalue weighted by Crippen LogP contribution is 2.49. The minimum Gasteiger partial charge on any atom is -0.117 e. The van der Waals surface area contributed by atoms with Crippen LogP contribution in [0, 0.1) is 0 Å². The maximum Gasteiger partial charge on any atom is 0.0809 e. The third-order valence-electron chi connectivity index (χ3n) is 2.81. The summed E-state index contributed by atoms with van der Waals surface area (Å²) in [6.45, 7) is 0. The summed E-state index contributed by atoms with van der Waals surface area (Å²) in [5, 5.41) is 1.00. The molecule has 0 N–H and O–H groups in total. The fourth-order valence-corrected chi connectivity index (χ4v) is 3.75. The number of hydrogen-bond acceptors (Lipinski definition) is 2. The van der Waals surface area contributed by atoms with Crippen LogP contribution in [0.3, 0.4) is 0 Å². The lowest BCUT2D eigenvalue weighted by molar-refractivity contribution is 1.60. The Hall–Kier alpha value is 0.330. The van der Waals surface area contributed by atoms with Crippen LogP contribution in [-0.2, 0) is 0 Å². The molecule has 0 saturated carbocycles. The van der Waals surface area contributed by atoms with Crippen molar-refractivity contribution < 1.29 is 0 Å². The maximum atomic E-state index is 6.32. The third kappa shape index (κ3) is 3.32. The van der Waals surface area contributed by atoms with Crippen LogP contribution in [0.25, 0.3) is 11.1 Å². The minimum absolute atomic E-state index is 0.141. The molecule has 0 atom stereocenters. The number of thiocarbonyl (C=S) groups is 1. The average molecular weight is 417 g/mol. The van der Waals surface area contributed by atoms with Gasteiger partial charge in [-0.2, -0.15) is 0 Å². The Bertz CT molecular complexity index is 699. The Kier molecular flexibility index (Phi) is 6.12. The fraction of sp³-hybridized carbons (Fsp3) is 0.0714. The molecule has 0 amide bonds. The molecule has 0 aliphatic rings. The molecule has 0 radical (unpaired) electrons. The van der Waals surface area contributed by atoms with Gasteiger partial charge in [0, 0.05) is 11.1 Å². The predicted octanol–water partition coefficient (Wildman–Crippen LogP) is 7.66. The zero-order chi connectivity index (χ0) is 15.7. The van der Waals surface area contributed by atoms with Crippen LogP contribution < -0.4 is 0 Å². The van der Waals surface area contributed by atoms with Gasteiger partial charge in [0.25, 0.3) is 0 Å². The van der Waals surface area contributed by atoms with Crippen LogP contribution in [0.2, 0.25) is 25.1 Å². The molecule has 110 valence electrons. The second kappa shape index (κ2) is 7.27. The lowest BCUT2D eigenvalue weighted by Gasteiger charge is -2.15. The Morgan fingerprint density at radius 3 is 1.86 bits per heavy atom. The van der Waals surface area contributed by atoms with Crippen LogP contribution in [0.4, 0.5) is 0 Å². The predicted molar refractivity (Wildman–Crippen MR) is 102 cm³/mol. The molecule has 0 fully saturated rings. The van der Waals surface area contributed by atoms with E-state index in [2.05, 4.69) is 0 Å². The Balaban J connectivity index is 2.83. The van der Waals surface area contributed by atoms with Crippen LogP contribution in [0.15, 0.2) is 24.3 Å². The van der Waals surface area contributed by atoms with E-state index in [1.165, 1.54) is 11.8 Å². The quantitative estimate of drug-likeness (QED) is 0.280. The monoisotopic (exact) mass is 414 g/mol. The van der Waals surface area contributed by atoms with E-state index in [4.69, 9.17) is 70.2 Å². The zero-order valence-corrected chi connectivity index (χ0v) is 15.9. The van der Waals surface area contributed by atoms with E-state index in [0.29, 0.717) is 5.56 Å². The fourth-order valence-electron chi connectivity index (χ4n) is 1.83. The molecule has 0 bridgehead atoms. The first-order valence-electron chi connectivity index (χ1n) is 5.59. The van der Waals surface area contributed by atoms with Crippen molar-refractivity contribution in [3.63, 3.8) is 0 Å². The van der Waals surface area contributed by atoms with Gasteiger partial charge in [-0.25, -0.2) is 0 Å². The normalized spacial score (nSPS) is 10.8. The highest BCUT2D eigenvalue weighted by molar-refractivity contribution is 8.23. The summed E-state index contributed by atoms with van der Waals surface area (Å²) in [5.74, 6) is 0. The Labute approximate surface area is 157 Å². The van der Waals surface area contributed by atoms with E-state index in [0.717, 1.165) is 15.3 Å². The maximum absolute atomic E-state index is 6.32. The van der Waals surface area contributed by atoms with Gasteiger partial charge in [-0.1, -0.05) is 94.5 Å². The molecule has 0 saturated heterocycles. The number of hydrogen-bond donors (Lipinski definition) is 0. The molecule has 0 heterocycles. The summed E-state index contributed by atoms with van der Waals surface area (Å²) in [4.78, 5) is 0. The highest BCUT2D eigenvalue weighted by Gasteiger charge is 2.22. The summed E-state index contributed by atoms with van der Waals surface area (Å²) in [6.07, 6.45) is 1.91. The summed E-state index contributed by atoms with van der Waals surface area (Å²) in [7, 11) is 0. The summed E-state index contributed by atoms with van der Waals surface area (Å²) in [6, 6.07) is 7.52. The van der Waals surface area contributed by atoms with Gasteiger partial charge in [0.15, 0.2) is 0 Å². The van der Waals surface area contributed by atoms with Gasteiger partial charge < -0.3 is 0 Å². The Morgan fingerprint density at radius 1 is 0.857 bits per heavy atom. The van der Waals surface area contributed by atoms with E-state index in [1.807, 2.05) is 30.5 Å². The summed E-state index contributed by atoms with van der Waals surface area (Å²) >= 11 is 37.8.